The molecule has 1 N–H and O–H groups in total. The van der Waals surface area contributed by atoms with Crippen LogP contribution < -0.4 is 5.32 Å². The van der Waals surface area contributed by atoms with E-state index in [1.807, 2.05) is 0 Å². The van der Waals surface area contributed by atoms with Crippen molar-refractivity contribution in [2.24, 2.45) is 5.92 Å². The monoisotopic (exact) mass is 250 g/mol. The van der Waals surface area contributed by atoms with Gasteiger partial charge in [-0.25, -0.2) is 0 Å². The predicted molar refractivity (Wildman–Crippen MR) is 74.5 cm³/mol. The van der Waals surface area contributed by atoms with E-state index < -0.39 is 0 Å². The highest BCUT2D eigenvalue weighted by Gasteiger charge is 2.19. The van der Waals surface area contributed by atoms with E-state index in [4.69, 9.17) is 4.42 Å². The fourth-order valence-corrected chi connectivity index (χ4v) is 2.55. The number of nitrogens with one attached hydrogen (secondary N) is 1. The Labute approximate surface area is 111 Å². The molecule has 0 atom stereocenters. The van der Waals surface area contributed by atoms with Crippen LogP contribution >= 0.6 is 0 Å². The average Bonchev–Trinajstić information content (AvgIpc) is 2.62. The van der Waals surface area contributed by atoms with Crippen LogP contribution in [0.2, 0.25) is 0 Å². The van der Waals surface area contributed by atoms with Gasteiger partial charge in [0.15, 0.2) is 0 Å². The molecule has 0 radical (unpaired) electrons. The van der Waals surface area contributed by atoms with Gasteiger partial charge in [0.2, 0.25) is 0 Å². The minimum absolute atomic E-state index is 0.837. The Morgan fingerprint density at radius 1 is 1.44 bits per heavy atom. The molecule has 0 saturated heterocycles. The van der Waals surface area contributed by atoms with Crippen molar-refractivity contribution < 1.29 is 4.42 Å². The Morgan fingerprint density at radius 2 is 2.22 bits per heavy atom. The summed E-state index contributed by atoms with van der Waals surface area (Å²) in [6.07, 6.45) is 4.26. The topological polar surface area (TPSA) is 28.4 Å². The van der Waals surface area contributed by atoms with Gasteiger partial charge in [-0.1, -0.05) is 13.3 Å². The molecule has 0 unspecified atom stereocenters. The Balaban J connectivity index is 1.85. The van der Waals surface area contributed by atoms with Crippen LogP contribution in [0, 0.1) is 12.8 Å². The lowest BCUT2D eigenvalue weighted by Gasteiger charge is -2.30. The van der Waals surface area contributed by atoms with Crippen LogP contribution in [0.25, 0.3) is 0 Å². The number of rotatable bonds is 7. The van der Waals surface area contributed by atoms with Gasteiger partial charge >= 0.3 is 0 Å². The van der Waals surface area contributed by atoms with Crippen LogP contribution in [-0.4, -0.2) is 25.0 Å². The van der Waals surface area contributed by atoms with Crippen molar-refractivity contribution >= 4 is 0 Å². The summed E-state index contributed by atoms with van der Waals surface area (Å²) in [6, 6.07) is 2.20. The van der Waals surface area contributed by atoms with Crippen LogP contribution in [0.5, 0.6) is 0 Å². The highest BCUT2D eigenvalue weighted by molar-refractivity contribution is 5.20. The van der Waals surface area contributed by atoms with Gasteiger partial charge in [0.05, 0.1) is 6.54 Å². The van der Waals surface area contributed by atoms with Crippen molar-refractivity contribution in [2.45, 2.75) is 46.2 Å². The Kier molecular flexibility index (Phi) is 4.84. The summed E-state index contributed by atoms with van der Waals surface area (Å²) >= 11 is 0. The molecule has 0 aliphatic heterocycles. The van der Waals surface area contributed by atoms with E-state index >= 15 is 0 Å². The highest BCUT2D eigenvalue weighted by atomic mass is 16.3. The predicted octanol–water partition coefficient (Wildman–Crippen LogP) is 2.93. The molecule has 0 amide bonds. The highest BCUT2D eigenvalue weighted by Crippen LogP contribution is 2.27. The van der Waals surface area contributed by atoms with Gasteiger partial charge in [0, 0.05) is 18.7 Å². The second-order valence-corrected chi connectivity index (χ2v) is 5.57. The first kappa shape index (κ1) is 13.6. The summed E-state index contributed by atoms with van der Waals surface area (Å²) in [6.45, 7) is 8.25. The molecule has 3 heteroatoms. The van der Waals surface area contributed by atoms with Crippen LogP contribution in [0.3, 0.4) is 0 Å². The minimum Gasteiger partial charge on any atom is -0.465 e. The molecule has 0 aromatic carbocycles. The summed E-state index contributed by atoms with van der Waals surface area (Å²) in [4.78, 5) is 2.43. The zero-order chi connectivity index (χ0) is 13.0. The van der Waals surface area contributed by atoms with Gasteiger partial charge in [0.1, 0.15) is 11.5 Å². The Hall–Kier alpha value is -0.800. The van der Waals surface area contributed by atoms with Gasteiger partial charge in [0.25, 0.3) is 0 Å². The first-order valence-corrected chi connectivity index (χ1v) is 7.16. The molecule has 0 bridgehead atoms. The SMILES string of the molecule is CCNCc1cc(CN(C)CC2CCC2)c(C)o1. The molecule has 2 rings (SSSR count). The fourth-order valence-electron chi connectivity index (χ4n) is 2.55. The molecular weight excluding hydrogens is 224 g/mol. The van der Waals surface area contributed by atoms with Crippen LogP contribution in [0.15, 0.2) is 10.5 Å². The Morgan fingerprint density at radius 3 is 2.83 bits per heavy atom. The number of aryl methyl sites for hydroxylation is 1. The maximum atomic E-state index is 5.77. The molecule has 1 heterocycles. The second-order valence-electron chi connectivity index (χ2n) is 5.57. The lowest BCUT2D eigenvalue weighted by Crippen LogP contribution is -2.29. The standard InChI is InChI=1S/C15H26N2O/c1-4-16-9-15-8-14(12(2)18-15)11-17(3)10-13-6-5-7-13/h8,13,16H,4-7,9-11H2,1-3H3. The van der Waals surface area contributed by atoms with E-state index in [2.05, 4.69) is 37.2 Å². The third kappa shape index (κ3) is 3.59. The largest absolute Gasteiger partial charge is 0.465 e. The molecule has 1 aliphatic carbocycles. The molecule has 0 spiro atoms. The molecule has 102 valence electrons. The maximum Gasteiger partial charge on any atom is 0.118 e. The summed E-state index contributed by atoms with van der Waals surface area (Å²) < 4.78 is 5.77. The molecule has 1 aromatic heterocycles. The lowest BCUT2D eigenvalue weighted by atomic mass is 9.85. The first-order valence-electron chi connectivity index (χ1n) is 7.16. The summed E-state index contributed by atoms with van der Waals surface area (Å²) in [5, 5.41) is 3.30. The van der Waals surface area contributed by atoms with Gasteiger partial charge < -0.3 is 14.6 Å². The minimum atomic E-state index is 0.837. The van der Waals surface area contributed by atoms with Crippen molar-refractivity contribution in [1.29, 1.82) is 0 Å². The number of furan rings is 1. The van der Waals surface area contributed by atoms with E-state index in [1.165, 1.54) is 31.4 Å². The van der Waals surface area contributed by atoms with E-state index in [0.29, 0.717) is 0 Å². The molecule has 3 nitrogen and oxygen atoms in total. The first-order chi connectivity index (χ1) is 8.69. The van der Waals surface area contributed by atoms with Gasteiger partial charge in [-0.15, -0.1) is 0 Å². The van der Waals surface area contributed by atoms with Crippen LogP contribution in [-0.2, 0) is 13.1 Å². The number of hydrogen-bond donors (Lipinski definition) is 1. The van der Waals surface area contributed by atoms with E-state index in [0.717, 1.165) is 37.1 Å². The normalized spacial score (nSPS) is 16.2. The van der Waals surface area contributed by atoms with Gasteiger partial charge in [-0.05, 0) is 45.3 Å². The lowest BCUT2D eigenvalue weighted by molar-refractivity contribution is 0.200. The molecule has 18 heavy (non-hydrogen) atoms. The van der Waals surface area contributed by atoms with Gasteiger partial charge in [-0.2, -0.15) is 0 Å². The quantitative estimate of drug-likeness (QED) is 0.806. The molecule has 1 fully saturated rings. The van der Waals surface area contributed by atoms with Crippen LogP contribution in [0.1, 0.15) is 43.3 Å². The Bertz CT molecular complexity index is 369. The molecule has 1 aliphatic rings. The van der Waals surface area contributed by atoms with Crippen molar-refractivity contribution in [2.75, 3.05) is 20.1 Å². The zero-order valence-corrected chi connectivity index (χ0v) is 12.0. The van der Waals surface area contributed by atoms with Crippen molar-refractivity contribution in [3.05, 3.63) is 23.2 Å². The smallest absolute Gasteiger partial charge is 0.118 e. The third-order valence-electron chi connectivity index (χ3n) is 3.86. The fraction of sp³-hybridized carbons (Fsp3) is 0.733. The van der Waals surface area contributed by atoms with Crippen molar-refractivity contribution in [3.8, 4) is 0 Å². The molecule has 1 aromatic rings. The maximum absolute atomic E-state index is 5.77. The summed E-state index contributed by atoms with van der Waals surface area (Å²) in [7, 11) is 2.22. The second kappa shape index (κ2) is 6.39. The van der Waals surface area contributed by atoms with E-state index in [1.54, 1.807) is 0 Å². The summed E-state index contributed by atoms with van der Waals surface area (Å²) in [5.74, 6) is 3.06. The van der Waals surface area contributed by atoms with Crippen molar-refractivity contribution in [1.82, 2.24) is 10.2 Å². The number of nitrogens with zero attached hydrogens (tertiary/aromatic N) is 1. The third-order valence-corrected chi connectivity index (χ3v) is 3.86. The summed E-state index contributed by atoms with van der Waals surface area (Å²) in [5.41, 5.74) is 1.34. The van der Waals surface area contributed by atoms with Gasteiger partial charge in [-0.3, -0.25) is 0 Å². The average molecular weight is 250 g/mol. The van der Waals surface area contributed by atoms with E-state index in [9.17, 15) is 0 Å². The zero-order valence-electron chi connectivity index (χ0n) is 12.0. The van der Waals surface area contributed by atoms with E-state index in [-0.39, 0.29) is 0 Å². The molecular formula is C15H26N2O. The number of hydrogen-bond acceptors (Lipinski definition) is 3. The van der Waals surface area contributed by atoms with Crippen molar-refractivity contribution in [3.63, 3.8) is 0 Å². The molecule has 1 saturated carbocycles. The van der Waals surface area contributed by atoms with Crippen LogP contribution in [0.4, 0.5) is 0 Å².